The smallest absolute Gasteiger partial charge is 0.472 e. The van der Waals surface area contributed by atoms with Crippen LogP contribution in [0.4, 0.5) is 0 Å². The molecule has 11 nitrogen and oxygen atoms in total. The SMILES string of the molecule is CCCCCCCCCCCCCCCCCC(=O)OC[C@@H](COP(=O)(O)OC[C@@H](N)C(=O)O)OC(=O)CCCCCCCCCCCCCCC. The number of carbonyl (C=O) groups excluding carboxylic acids is 2. The maximum Gasteiger partial charge on any atom is 0.472 e. The molecule has 0 fully saturated rings. The second-order valence-electron chi connectivity index (χ2n) is 14.5. The Morgan fingerprint density at radius 2 is 0.846 bits per heavy atom. The Morgan fingerprint density at radius 1 is 0.519 bits per heavy atom. The first kappa shape index (κ1) is 50.5. The molecule has 0 saturated carbocycles. The topological polar surface area (TPSA) is 172 Å². The van der Waals surface area contributed by atoms with E-state index in [1.165, 1.54) is 128 Å². The number of hydrogen-bond donors (Lipinski definition) is 3. The molecule has 0 spiro atoms. The number of phosphoric ester groups is 1. The number of nitrogens with two attached hydrogens (primary N) is 1. The summed E-state index contributed by atoms with van der Waals surface area (Å²) in [6, 6.07) is -1.52. The molecule has 0 saturated heterocycles. The van der Waals surface area contributed by atoms with Gasteiger partial charge in [-0.3, -0.25) is 23.4 Å². The fraction of sp³-hybridized carbons (Fsp3) is 0.925. The number of unbranched alkanes of at least 4 members (excludes halogenated alkanes) is 26. The van der Waals surface area contributed by atoms with Crippen LogP contribution in [-0.2, 0) is 37.5 Å². The summed E-state index contributed by atoms with van der Waals surface area (Å²) in [4.78, 5) is 45.8. The summed E-state index contributed by atoms with van der Waals surface area (Å²) in [7, 11) is -4.70. The molecule has 0 amide bonds. The van der Waals surface area contributed by atoms with E-state index in [0.29, 0.717) is 12.8 Å². The zero-order chi connectivity index (χ0) is 38.5. The molecule has 0 bridgehead atoms. The molecule has 12 heteroatoms. The Bertz CT molecular complexity index is 906. The lowest BCUT2D eigenvalue weighted by atomic mass is 10.0. The third kappa shape index (κ3) is 35.5. The number of aliphatic carboxylic acids is 1. The number of rotatable bonds is 40. The molecular formula is C40H78NO10P. The highest BCUT2D eigenvalue weighted by molar-refractivity contribution is 7.47. The van der Waals surface area contributed by atoms with E-state index in [4.69, 9.17) is 24.8 Å². The summed E-state index contributed by atoms with van der Waals surface area (Å²) >= 11 is 0. The van der Waals surface area contributed by atoms with Crippen LogP contribution in [0.2, 0.25) is 0 Å². The van der Waals surface area contributed by atoms with Crippen molar-refractivity contribution in [3.8, 4) is 0 Å². The molecule has 0 aliphatic rings. The van der Waals surface area contributed by atoms with Gasteiger partial charge >= 0.3 is 25.7 Å². The van der Waals surface area contributed by atoms with Gasteiger partial charge in [0.2, 0.25) is 0 Å². The van der Waals surface area contributed by atoms with Crippen molar-refractivity contribution in [3.63, 3.8) is 0 Å². The van der Waals surface area contributed by atoms with Gasteiger partial charge in [0, 0.05) is 12.8 Å². The number of carboxylic acids is 1. The van der Waals surface area contributed by atoms with Crippen molar-refractivity contribution in [1.29, 1.82) is 0 Å². The quantitative estimate of drug-likeness (QED) is 0.0308. The first-order valence-electron chi connectivity index (χ1n) is 21.1. The van der Waals surface area contributed by atoms with Crippen LogP contribution in [0.25, 0.3) is 0 Å². The molecule has 0 radical (unpaired) electrons. The van der Waals surface area contributed by atoms with Crippen molar-refractivity contribution >= 4 is 25.7 Å². The van der Waals surface area contributed by atoms with Crippen LogP contribution < -0.4 is 5.73 Å². The molecule has 0 rings (SSSR count). The van der Waals surface area contributed by atoms with E-state index in [1.54, 1.807) is 0 Å². The number of esters is 2. The van der Waals surface area contributed by atoms with Crippen molar-refractivity contribution < 1.29 is 47.5 Å². The van der Waals surface area contributed by atoms with Gasteiger partial charge in [0.25, 0.3) is 0 Å². The minimum atomic E-state index is -4.70. The van der Waals surface area contributed by atoms with Gasteiger partial charge in [-0.1, -0.05) is 181 Å². The predicted octanol–water partition coefficient (Wildman–Crippen LogP) is 10.7. The van der Waals surface area contributed by atoms with Crippen LogP contribution in [0.3, 0.4) is 0 Å². The maximum absolute atomic E-state index is 12.6. The molecule has 0 heterocycles. The second kappa shape index (κ2) is 36.5. The average molecular weight is 764 g/mol. The van der Waals surface area contributed by atoms with Crippen molar-refractivity contribution in [2.45, 2.75) is 219 Å². The Labute approximate surface area is 316 Å². The van der Waals surface area contributed by atoms with Gasteiger partial charge in [0.15, 0.2) is 6.10 Å². The van der Waals surface area contributed by atoms with Crippen LogP contribution in [0.5, 0.6) is 0 Å². The summed E-state index contributed by atoms with van der Waals surface area (Å²) in [5.74, 6) is -2.36. The molecule has 1 unspecified atom stereocenters. The molecule has 3 atom stereocenters. The fourth-order valence-electron chi connectivity index (χ4n) is 6.01. The average Bonchev–Trinajstić information content (AvgIpc) is 3.12. The van der Waals surface area contributed by atoms with E-state index in [0.717, 1.165) is 38.5 Å². The second-order valence-corrected chi connectivity index (χ2v) is 15.9. The summed E-state index contributed by atoms with van der Waals surface area (Å²) in [5, 5.41) is 8.87. The molecule has 308 valence electrons. The van der Waals surface area contributed by atoms with Crippen LogP contribution in [0.15, 0.2) is 0 Å². The Kier molecular flexibility index (Phi) is 35.4. The van der Waals surface area contributed by atoms with Crippen LogP contribution >= 0.6 is 7.82 Å². The lowest BCUT2D eigenvalue weighted by Crippen LogP contribution is -2.34. The van der Waals surface area contributed by atoms with Crippen LogP contribution in [-0.4, -0.2) is 59.9 Å². The van der Waals surface area contributed by atoms with Gasteiger partial charge < -0.3 is 25.2 Å². The lowest BCUT2D eigenvalue weighted by Gasteiger charge is -2.20. The van der Waals surface area contributed by atoms with E-state index < -0.39 is 51.1 Å². The monoisotopic (exact) mass is 764 g/mol. The maximum atomic E-state index is 12.6. The largest absolute Gasteiger partial charge is 0.480 e. The van der Waals surface area contributed by atoms with E-state index in [-0.39, 0.29) is 19.4 Å². The van der Waals surface area contributed by atoms with Gasteiger partial charge in [-0.2, -0.15) is 0 Å². The van der Waals surface area contributed by atoms with Crippen molar-refractivity contribution in [2.24, 2.45) is 5.73 Å². The Hall–Kier alpha value is -1.52. The molecule has 0 aromatic heterocycles. The Balaban J connectivity index is 4.34. The zero-order valence-corrected chi connectivity index (χ0v) is 34.1. The van der Waals surface area contributed by atoms with Crippen molar-refractivity contribution in [2.75, 3.05) is 19.8 Å². The Morgan fingerprint density at radius 3 is 1.21 bits per heavy atom. The minimum absolute atomic E-state index is 0.169. The molecule has 0 aromatic rings. The number of ether oxygens (including phenoxy) is 2. The van der Waals surface area contributed by atoms with E-state index in [9.17, 15) is 23.8 Å². The number of carbonyl (C=O) groups is 3. The molecule has 0 aliphatic carbocycles. The third-order valence-electron chi connectivity index (χ3n) is 9.36. The molecule has 52 heavy (non-hydrogen) atoms. The van der Waals surface area contributed by atoms with Gasteiger partial charge in [-0.05, 0) is 12.8 Å². The normalized spacial score (nSPS) is 13.8. The van der Waals surface area contributed by atoms with Gasteiger partial charge in [0.1, 0.15) is 12.6 Å². The van der Waals surface area contributed by atoms with Gasteiger partial charge in [0.05, 0.1) is 13.2 Å². The van der Waals surface area contributed by atoms with Crippen LogP contribution in [0, 0.1) is 0 Å². The number of hydrogen-bond acceptors (Lipinski definition) is 9. The van der Waals surface area contributed by atoms with E-state index >= 15 is 0 Å². The zero-order valence-electron chi connectivity index (χ0n) is 33.2. The number of phosphoric acid groups is 1. The standard InChI is InChI=1S/C40H78NO10P/c1-3-5-7-9-11-13-15-17-18-20-21-23-25-27-29-31-38(42)48-33-36(34-49-52(46,47)50-35-37(41)40(44)45)51-39(43)32-30-28-26-24-22-19-16-14-12-10-8-6-4-2/h36-37H,3-35,41H2,1-2H3,(H,44,45)(H,46,47)/t36-,37+/m0/s1. The summed E-state index contributed by atoms with van der Waals surface area (Å²) in [6.07, 6.45) is 33.0. The van der Waals surface area contributed by atoms with Gasteiger partial charge in [-0.15, -0.1) is 0 Å². The fourth-order valence-corrected chi connectivity index (χ4v) is 6.79. The first-order chi connectivity index (χ1) is 25.1. The van der Waals surface area contributed by atoms with Crippen molar-refractivity contribution in [3.05, 3.63) is 0 Å². The first-order valence-corrected chi connectivity index (χ1v) is 22.6. The minimum Gasteiger partial charge on any atom is -0.480 e. The third-order valence-corrected chi connectivity index (χ3v) is 10.3. The van der Waals surface area contributed by atoms with Gasteiger partial charge in [-0.25, -0.2) is 4.57 Å². The highest BCUT2D eigenvalue weighted by Gasteiger charge is 2.28. The van der Waals surface area contributed by atoms with E-state index in [2.05, 4.69) is 18.4 Å². The van der Waals surface area contributed by atoms with Crippen molar-refractivity contribution in [1.82, 2.24) is 0 Å². The highest BCUT2D eigenvalue weighted by Crippen LogP contribution is 2.43. The predicted molar refractivity (Wildman–Crippen MR) is 208 cm³/mol. The highest BCUT2D eigenvalue weighted by atomic mass is 31.2. The summed E-state index contributed by atoms with van der Waals surface area (Å²) in [5.41, 5.74) is 5.32. The summed E-state index contributed by atoms with van der Waals surface area (Å²) in [6.45, 7) is 2.82. The molecule has 0 aliphatic heterocycles. The molecular weight excluding hydrogens is 685 g/mol. The molecule has 0 aromatic carbocycles. The van der Waals surface area contributed by atoms with Crippen LogP contribution in [0.1, 0.15) is 206 Å². The lowest BCUT2D eigenvalue weighted by molar-refractivity contribution is -0.161. The van der Waals surface area contributed by atoms with E-state index in [1.807, 2.05) is 0 Å². The number of carboxylic acid groups (broad SMARTS) is 1. The summed E-state index contributed by atoms with van der Waals surface area (Å²) < 4.78 is 32.6. The molecule has 4 N–H and O–H groups in total.